The highest BCUT2D eigenvalue weighted by Gasteiger charge is 2.30. The maximum atomic E-state index is 12.7. The Hall–Kier alpha value is -2.69. The van der Waals surface area contributed by atoms with Crippen LogP contribution in [0, 0.1) is 11.8 Å². The molecule has 0 rings (SSSR count). The van der Waals surface area contributed by atoms with E-state index in [0.717, 1.165) is 0 Å². The van der Waals surface area contributed by atoms with Gasteiger partial charge in [-0.05, 0) is 31.1 Å². The van der Waals surface area contributed by atoms with E-state index in [1.165, 1.54) is 0 Å². The second-order valence-corrected chi connectivity index (χ2v) is 7.98. The molecule has 0 aromatic carbocycles. The van der Waals surface area contributed by atoms with Gasteiger partial charge in [-0.1, -0.05) is 27.7 Å². The molecule has 172 valence electrons. The molecule has 3 unspecified atom stereocenters. The van der Waals surface area contributed by atoms with Crippen LogP contribution in [0.3, 0.4) is 0 Å². The molecule has 7 N–H and O–H groups in total. The molecule has 11 nitrogen and oxygen atoms in total. The Balaban J connectivity index is 5.36. The van der Waals surface area contributed by atoms with E-state index in [9.17, 15) is 29.1 Å². The largest absolute Gasteiger partial charge is 0.481 e. The van der Waals surface area contributed by atoms with Crippen LogP contribution in [0.2, 0.25) is 0 Å². The summed E-state index contributed by atoms with van der Waals surface area (Å²) >= 11 is 0. The third-order valence-corrected chi connectivity index (χ3v) is 4.15. The van der Waals surface area contributed by atoms with Gasteiger partial charge in [0.05, 0.1) is 6.54 Å². The Morgan fingerprint density at radius 1 is 0.767 bits per heavy atom. The fourth-order valence-corrected chi connectivity index (χ4v) is 2.73. The topological polar surface area (TPSA) is 188 Å². The highest BCUT2D eigenvalue weighted by molar-refractivity contribution is 5.93. The van der Waals surface area contributed by atoms with Gasteiger partial charge < -0.3 is 31.9 Å². The first-order chi connectivity index (χ1) is 13.9. The van der Waals surface area contributed by atoms with Gasteiger partial charge in [-0.2, -0.15) is 0 Å². The Labute approximate surface area is 176 Å². The van der Waals surface area contributed by atoms with Crippen molar-refractivity contribution in [2.45, 2.75) is 71.5 Å². The summed E-state index contributed by atoms with van der Waals surface area (Å²) in [7, 11) is 0. The molecule has 0 fully saturated rings. The van der Waals surface area contributed by atoms with E-state index in [1.54, 1.807) is 0 Å². The minimum Gasteiger partial charge on any atom is -0.481 e. The van der Waals surface area contributed by atoms with Crippen LogP contribution in [0.1, 0.15) is 53.4 Å². The van der Waals surface area contributed by atoms with Crippen LogP contribution in [0.15, 0.2) is 0 Å². The summed E-state index contributed by atoms with van der Waals surface area (Å²) < 4.78 is 0. The van der Waals surface area contributed by atoms with Crippen molar-refractivity contribution in [3.05, 3.63) is 0 Å². The number of carboxylic acids is 2. The van der Waals surface area contributed by atoms with Crippen molar-refractivity contribution in [3.63, 3.8) is 0 Å². The molecule has 0 spiro atoms. The van der Waals surface area contributed by atoms with Crippen LogP contribution < -0.4 is 21.7 Å². The van der Waals surface area contributed by atoms with Crippen LogP contribution in [-0.4, -0.2) is 64.5 Å². The smallest absolute Gasteiger partial charge is 0.326 e. The van der Waals surface area contributed by atoms with Gasteiger partial charge in [-0.3, -0.25) is 19.2 Å². The number of hydrogen-bond acceptors (Lipinski definition) is 6. The molecule has 0 aromatic rings. The predicted octanol–water partition coefficient (Wildman–Crippen LogP) is -0.559. The molecule has 0 aliphatic heterocycles. The lowest BCUT2D eigenvalue weighted by Crippen LogP contribution is -2.56. The van der Waals surface area contributed by atoms with Crippen molar-refractivity contribution in [2.24, 2.45) is 17.6 Å². The van der Waals surface area contributed by atoms with Gasteiger partial charge in [0.2, 0.25) is 17.7 Å². The average molecular weight is 431 g/mol. The van der Waals surface area contributed by atoms with E-state index in [2.05, 4.69) is 16.0 Å². The first kappa shape index (κ1) is 27.3. The Bertz CT molecular complexity index is 622. The number of carbonyl (C=O) groups excluding carboxylic acids is 3. The Morgan fingerprint density at radius 2 is 1.20 bits per heavy atom. The number of carbonyl (C=O) groups is 5. The lowest BCUT2D eigenvalue weighted by atomic mass is 9.99. The number of hydrogen-bond donors (Lipinski definition) is 6. The van der Waals surface area contributed by atoms with E-state index in [4.69, 9.17) is 10.8 Å². The standard InChI is InChI=1S/C19H34N4O7/c1-10(2)7-13(21-15(24)9-20)17(27)23-14(8-11(3)4)18(28)22-12(19(29)30)5-6-16(25)26/h10-14H,5-9,20H2,1-4H3,(H,21,24)(H,22,28)(H,23,27)(H,25,26)(H,29,30). The summed E-state index contributed by atoms with van der Waals surface area (Å²) in [5.41, 5.74) is 5.29. The number of carboxylic acid groups (broad SMARTS) is 2. The molecule has 3 atom stereocenters. The SMILES string of the molecule is CC(C)CC(NC(=O)CN)C(=O)NC(CC(C)C)C(=O)NC(CCC(=O)O)C(=O)O. The fourth-order valence-electron chi connectivity index (χ4n) is 2.73. The number of rotatable bonds is 14. The number of nitrogens with two attached hydrogens (primary N) is 1. The molecule has 0 aliphatic carbocycles. The molecule has 0 aromatic heterocycles. The van der Waals surface area contributed by atoms with Crippen LogP contribution in [0.5, 0.6) is 0 Å². The second-order valence-electron chi connectivity index (χ2n) is 7.98. The van der Waals surface area contributed by atoms with E-state index in [-0.39, 0.29) is 31.2 Å². The van der Waals surface area contributed by atoms with Crippen molar-refractivity contribution in [1.29, 1.82) is 0 Å². The van der Waals surface area contributed by atoms with Crippen molar-refractivity contribution in [3.8, 4) is 0 Å². The summed E-state index contributed by atoms with van der Waals surface area (Å²) in [6, 6.07) is -3.34. The molecule has 0 radical (unpaired) electrons. The number of amides is 3. The zero-order chi connectivity index (χ0) is 23.4. The highest BCUT2D eigenvalue weighted by atomic mass is 16.4. The lowest BCUT2D eigenvalue weighted by Gasteiger charge is -2.26. The van der Waals surface area contributed by atoms with E-state index >= 15 is 0 Å². The molecule has 0 heterocycles. The lowest BCUT2D eigenvalue weighted by molar-refractivity contribution is -0.143. The minimum absolute atomic E-state index is 0.00877. The highest BCUT2D eigenvalue weighted by Crippen LogP contribution is 2.10. The maximum absolute atomic E-state index is 12.7. The predicted molar refractivity (Wildman–Crippen MR) is 108 cm³/mol. The van der Waals surface area contributed by atoms with Crippen molar-refractivity contribution in [1.82, 2.24) is 16.0 Å². The molecule has 30 heavy (non-hydrogen) atoms. The van der Waals surface area contributed by atoms with Gasteiger partial charge in [0.1, 0.15) is 18.1 Å². The molecular formula is C19H34N4O7. The summed E-state index contributed by atoms with van der Waals surface area (Å²) in [5.74, 6) is -4.32. The monoisotopic (exact) mass is 430 g/mol. The van der Waals surface area contributed by atoms with Gasteiger partial charge in [-0.15, -0.1) is 0 Å². The fraction of sp³-hybridized carbons (Fsp3) is 0.737. The third-order valence-electron chi connectivity index (χ3n) is 4.15. The minimum atomic E-state index is -1.40. The Kier molecular flexibility index (Phi) is 12.3. The molecular weight excluding hydrogens is 396 g/mol. The maximum Gasteiger partial charge on any atom is 0.326 e. The van der Waals surface area contributed by atoms with Crippen LogP contribution in [-0.2, 0) is 24.0 Å². The third kappa shape index (κ3) is 11.3. The van der Waals surface area contributed by atoms with Crippen LogP contribution >= 0.6 is 0 Å². The van der Waals surface area contributed by atoms with Crippen molar-refractivity contribution >= 4 is 29.7 Å². The van der Waals surface area contributed by atoms with Gasteiger partial charge in [0, 0.05) is 6.42 Å². The van der Waals surface area contributed by atoms with Crippen LogP contribution in [0.4, 0.5) is 0 Å². The van der Waals surface area contributed by atoms with Gasteiger partial charge in [0.15, 0.2) is 0 Å². The summed E-state index contributed by atoms with van der Waals surface area (Å²) in [6.45, 7) is 7.10. The first-order valence-corrected chi connectivity index (χ1v) is 9.92. The molecule has 3 amide bonds. The van der Waals surface area contributed by atoms with Gasteiger partial charge in [-0.25, -0.2) is 4.79 Å². The zero-order valence-corrected chi connectivity index (χ0v) is 17.9. The second kappa shape index (κ2) is 13.5. The molecule has 11 heteroatoms. The molecule has 0 saturated heterocycles. The van der Waals surface area contributed by atoms with Crippen molar-refractivity contribution < 1.29 is 34.2 Å². The van der Waals surface area contributed by atoms with Gasteiger partial charge >= 0.3 is 11.9 Å². The summed E-state index contributed by atoms with van der Waals surface area (Å²) in [6.07, 6.45) is -0.173. The van der Waals surface area contributed by atoms with E-state index in [0.29, 0.717) is 6.42 Å². The molecule has 0 bridgehead atoms. The van der Waals surface area contributed by atoms with E-state index < -0.39 is 54.2 Å². The van der Waals surface area contributed by atoms with Gasteiger partial charge in [0.25, 0.3) is 0 Å². The van der Waals surface area contributed by atoms with E-state index in [1.807, 2.05) is 27.7 Å². The Morgan fingerprint density at radius 3 is 1.57 bits per heavy atom. The zero-order valence-electron chi connectivity index (χ0n) is 17.9. The molecule has 0 aliphatic rings. The normalized spacial score (nSPS) is 14.0. The van der Waals surface area contributed by atoms with Crippen LogP contribution in [0.25, 0.3) is 0 Å². The summed E-state index contributed by atoms with van der Waals surface area (Å²) in [5, 5.41) is 25.4. The number of nitrogens with one attached hydrogen (secondary N) is 3. The quantitative estimate of drug-likeness (QED) is 0.211. The molecule has 0 saturated carbocycles. The van der Waals surface area contributed by atoms with Crippen molar-refractivity contribution in [2.75, 3.05) is 6.54 Å². The summed E-state index contributed by atoms with van der Waals surface area (Å²) in [4.78, 5) is 59.1. The first-order valence-electron chi connectivity index (χ1n) is 9.92. The number of aliphatic carboxylic acids is 2. The average Bonchev–Trinajstić information content (AvgIpc) is 2.62.